The van der Waals surface area contributed by atoms with Crippen LogP contribution in [0.5, 0.6) is 11.5 Å². The fourth-order valence-corrected chi connectivity index (χ4v) is 2.99. The van der Waals surface area contributed by atoms with Gasteiger partial charge in [0.15, 0.2) is 6.10 Å². The lowest BCUT2D eigenvalue weighted by atomic mass is 10.1. The molecule has 1 aliphatic heterocycles. The number of amides is 2. The lowest BCUT2D eigenvalue weighted by Crippen LogP contribution is -2.42. The number of rotatable bonds is 5. The second kappa shape index (κ2) is 7.66. The molecule has 1 heterocycles. The summed E-state index contributed by atoms with van der Waals surface area (Å²) in [5.74, 6) is 0.746. The molecule has 2 aromatic rings. The molecule has 3 rings (SSSR count). The molecule has 6 nitrogen and oxygen atoms in total. The molecular weight excluding hydrogens is 356 g/mol. The zero-order valence-corrected chi connectivity index (χ0v) is 15.2. The smallest absolute Gasteiger partial charge is 0.264 e. The Balaban J connectivity index is 1.56. The van der Waals surface area contributed by atoms with E-state index in [0.717, 1.165) is 5.56 Å². The van der Waals surface area contributed by atoms with Gasteiger partial charge in [-0.3, -0.25) is 9.59 Å². The molecule has 0 saturated carbocycles. The number of carbonyl (C=O) groups is 2. The number of anilines is 1. The highest BCUT2D eigenvalue weighted by atomic mass is 35.5. The second-order valence-electron chi connectivity index (χ2n) is 6.04. The van der Waals surface area contributed by atoms with E-state index >= 15 is 0 Å². The monoisotopic (exact) mass is 374 g/mol. The summed E-state index contributed by atoms with van der Waals surface area (Å²) in [6.07, 6.45) is -0.200. The second-order valence-corrected chi connectivity index (χ2v) is 6.47. The SMILES string of the molecule is COc1cccc(NC(=O)CN(C)C(=O)C2Cc3cc(Cl)ccc3O2)c1. The maximum Gasteiger partial charge on any atom is 0.264 e. The molecular formula is C19H19ClN2O4. The first kappa shape index (κ1) is 18.1. The highest BCUT2D eigenvalue weighted by molar-refractivity contribution is 6.30. The summed E-state index contributed by atoms with van der Waals surface area (Å²) in [4.78, 5) is 26.1. The number of hydrogen-bond acceptors (Lipinski definition) is 4. The van der Waals surface area contributed by atoms with Gasteiger partial charge in [-0.15, -0.1) is 0 Å². The van der Waals surface area contributed by atoms with E-state index in [-0.39, 0.29) is 18.4 Å². The Labute approximate surface area is 156 Å². The van der Waals surface area contributed by atoms with Crippen molar-refractivity contribution in [3.63, 3.8) is 0 Å². The molecule has 0 aliphatic carbocycles. The van der Waals surface area contributed by atoms with Crippen LogP contribution < -0.4 is 14.8 Å². The van der Waals surface area contributed by atoms with Gasteiger partial charge in [0, 0.05) is 30.2 Å². The third kappa shape index (κ3) is 4.08. The Morgan fingerprint density at radius 2 is 2.12 bits per heavy atom. The van der Waals surface area contributed by atoms with E-state index in [1.807, 2.05) is 0 Å². The van der Waals surface area contributed by atoms with E-state index in [4.69, 9.17) is 21.1 Å². The van der Waals surface area contributed by atoms with E-state index in [0.29, 0.717) is 28.6 Å². The summed E-state index contributed by atoms with van der Waals surface area (Å²) in [5, 5.41) is 3.35. The summed E-state index contributed by atoms with van der Waals surface area (Å²) in [5.41, 5.74) is 1.50. The number of benzene rings is 2. The van der Waals surface area contributed by atoms with Crippen molar-refractivity contribution < 1.29 is 19.1 Å². The normalized spacial score (nSPS) is 15.0. The Bertz CT molecular complexity index is 840. The summed E-state index contributed by atoms with van der Waals surface area (Å²) in [7, 11) is 3.13. The number of fused-ring (bicyclic) bond motifs is 1. The molecule has 7 heteroatoms. The fourth-order valence-electron chi connectivity index (χ4n) is 2.80. The van der Waals surface area contributed by atoms with E-state index in [2.05, 4.69) is 5.32 Å². The van der Waals surface area contributed by atoms with Crippen LogP contribution in [0.3, 0.4) is 0 Å². The molecule has 0 radical (unpaired) electrons. The van der Waals surface area contributed by atoms with Crippen LogP contribution in [0, 0.1) is 0 Å². The molecule has 1 N–H and O–H groups in total. The lowest BCUT2D eigenvalue weighted by Gasteiger charge is -2.20. The maximum atomic E-state index is 12.6. The highest BCUT2D eigenvalue weighted by Crippen LogP contribution is 2.31. The quantitative estimate of drug-likeness (QED) is 0.873. The van der Waals surface area contributed by atoms with Gasteiger partial charge in [-0.1, -0.05) is 17.7 Å². The molecule has 26 heavy (non-hydrogen) atoms. The minimum atomic E-state index is -0.641. The van der Waals surface area contributed by atoms with Crippen LogP contribution in [0.25, 0.3) is 0 Å². The van der Waals surface area contributed by atoms with Crippen molar-refractivity contribution in [3.8, 4) is 11.5 Å². The largest absolute Gasteiger partial charge is 0.497 e. The fraction of sp³-hybridized carbons (Fsp3) is 0.263. The third-order valence-electron chi connectivity index (χ3n) is 4.08. The first-order valence-electron chi connectivity index (χ1n) is 8.10. The Morgan fingerprint density at radius 3 is 2.88 bits per heavy atom. The Hall–Kier alpha value is -2.73. The Kier molecular flexibility index (Phi) is 5.32. The van der Waals surface area contributed by atoms with Gasteiger partial charge in [0.05, 0.1) is 13.7 Å². The number of likely N-dealkylation sites (N-methyl/N-ethyl adjacent to an activating group) is 1. The van der Waals surface area contributed by atoms with E-state index in [1.165, 1.54) is 4.90 Å². The van der Waals surface area contributed by atoms with Crippen LogP contribution in [-0.2, 0) is 16.0 Å². The molecule has 0 aromatic heterocycles. The molecule has 0 bridgehead atoms. The molecule has 0 fully saturated rings. The van der Waals surface area contributed by atoms with Crippen LogP contribution in [0.1, 0.15) is 5.56 Å². The molecule has 1 unspecified atom stereocenters. The van der Waals surface area contributed by atoms with Crippen molar-refractivity contribution in [2.45, 2.75) is 12.5 Å². The molecule has 136 valence electrons. The summed E-state index contributed by atoms with van der Waals surface area (Å²) >= 11 is 5.97. The number of methoxy groups -OCH3 is 1. The maximum absolute atomic E-state index is 12.6. The van der Waals surface area contributed by atoms with Gasteiger partial charge in [0.25, 0.3) is 5.91 Å². The van der Waals surface area contributed by atoms with Crippen LogP contribution in [0.15, 0.2) is 42.5 Å². The number of hydrogen-bond donors (Lipinski definition) is 1. The van der Waals surface area contributed by atoms with Crippen molar-refractivity contribution >= 4 is 29.1 Å². The summed E-state index contributed by atoms with van der Waals surface area (Å²) in [6.45, 7) is -0.0764. The van der Waals surface area contributed by atoms with Crippen LogP contribution in [0.2, 0.25) is 5.02 Å². The predicted octanol–water partition coefficient (Wildman–Crippen LogP) is 2.75. The van der Waals surface area contributed by atoms with Crippen molar-refractivity contribution in [1.82, 2.24) is 4.90 Å². The van der Waals surface area contributed by atoms with E-state index in [1.54, 1.807) is 56.6 Å². The molecule has 2 amide bonds. The number of nitrogens with one attached hydrogen (secondary N) is 1. The van der Waals surface area contributed by atoms with Gasteiger partial charge in [-0.05, 0) is 35.9 Å². The van der Waals surface area contributed by atoms with Gasteiger partial charge in [-0.2, -0.15) is 0 Å². The van der Waals surface area contributed by atoms with Gasteiger partial charge in [0.1, 0.15) is 11.5 Å². The topological polar surface area (TPSA) is 67.9 Å². The van der Waals surface area contributed by atoms with Crippen LogP contribution in [0.4, 0.5) is 5.69 Å². The first-order valence-corrected chi connectivity index (χ1v) is 8.48. The first-order chi connectivity index (χ1) is 12.5. The Morgan fingerprint density at radius 1 is 1.31 bits per heavy atom. The molecule has 0 saturated heterocycles. The number of nitrogens with zero attached hydrogens (tertiary/aromatic N) is 1. The van der Waals surface area contributed by atoms with Crippen LogP contribution >= 0.6 is 11.6 Å². The third-order valence-corrected chi connectivity index (χ3v) is 4.32. The summed E-state index contributed by atoms with van der Waals surface area (Å²) in [6, 6.07) is 12.3. The van der Waals surface area contributed by atoms with E-state index in [9.17, 15) is 9.59 Å². The predicted molar refractivity (Wildman–Crippen MR) is 98.8 cm³/mol. The van der Waals surface area contributed by atoms with Gasteiger partial charge in [-0.25, -0.2) is 0 Å². The van der Waals surface area contributed by atoms with Crippen molar-refractivity contribution in [2.24, 2.45) is 0 Å². The van der Waals surface area contributed by atoms with Gasteiger partial charge < -0.3 is 19.7 Å². The molecule has 1 aliphatic rings. The lowest BCUT2D eigenvalue weighted by molar-refractivity contribution is -0.139. The number of ether oxygens (including phenoxy) is 2. The van der Waals surface area contributed by atoms with E-state index < -0.39 is 6.10 Å². The van der Waals surface area contributed by atoms with Crippen molar-refractivity contribution in [3.05, 3.63) is 53.1 Å². The van der Waals surface area contributed by atoms with Crippen LogP contribution in [-0.4, -0.2) is 43.5 Å². The van der Waals surface area contributed by atoms with Crippen molar-refractivity contribution in [1.29, 1.82) is 0 Å². The molecule has 1 atom stereocenters. The standard InChI is InChI=1S/C19H19ClN2O4/c1-22(11-18(23)21-14-4-3-5-15(10-14)25-2)19(24)17-9-12-8-13(20)6-7-16(12)26-17/h3-8,10,17H,9,11H2,1-2H3,(H,21,23). The zero-order valence-electron chi connectivity index (χ0n) is 14.5. The molecule has 2 aromatic carbocycles. The number of halogens is 1. The number of carbonyl (C=O) groups excluding carboxylic acids is 2. The minimum absolute atomic E-state index is 0.0764. The van der Waals surface area contributed by atoms with Crippen molar-refractivity contribution in [2.75, 3.05) is 26.0 Å². The highest BCUT2D eigenvalue weighted by Gasteiger charge is 2.31. The minimum Gasteiger partial charge on any atom is -0.497 e. The van der Waals surface area contributed by atoms with Gasteiger partial charge >= 0.3 is 0 Å². The molecule has 0 spiro atoms. The summed E-state index contributed by atoms with van der Waals surface area (Å²) < 4.78 is 10.8. The zero-order chi connectivity index (χ0) is 18.7. The van der Waals surface area contributed by atoms with Gasteiger partial charge in [0.2, 0.25) is 5.91 Å². The average Bonchev–Trinajstić information content (AvgIpc) is 3.04. The average molecular weight is 375 g/mol.